The molecule has 0 atom stereocenters. The molecule has 2 heterocycles. The van der Waals surface area contributed by atoms with Gasteiger partial charge in [-0.05, 0) is 32.4 Å². The fraction of sp³-hybridized carbons (Fsp3) is 0.368. The van der Waals surface area contributed by atoms with Crippen LogP contribution in [-0.2, 0) is 24.3 Å². The standard InChI is InChI=1S/C19H23N5O3/c1-4-8-17-21-24(15-9-6-5-7-10-15)19(26)23(17)12-18(25)20-11-16-13(2)22-27-14(16)3/h5-7,9-10H,4,8,11-12H2,1-3H3,(H,20,25). The number of amides is 1. The van der Waals surface area contributed by atoms with Crippen molar-refractivity contribution in [3.05, 3.63) is 63.7 Å². The molecule has 8 heteroatoms. The molecule has 1 amide bonds. The molecule has 0 spiro atoms. The molecular formula is C19H23N5O3. The van der Waals surface area contributed by atoms with Crippen LogP contribution in [0.15, 0.2) is 39.6 Å². The van der Waals surface area contributed by atoms with E-state index in [1.807, 2.05) is 44.2 Å². The van der Waals surface area contributed by atoms with E-state index >= 15 is 0 Å². The summed E-state index contributed by atoms with van der Waals surface area (Å²) in [5.74, 6) is 1.01. The number of carbonyl (C=O) groups is 1. The van der Waals surface area contributed by atoms with Crippen molar-refractivity contribution in [1.82, 2.24) is 24.8 Å². The minimum absolute atomic E-state index is 0.0790. The second-order valence-electron chi connectivity index (χ2n) is 6.36. The molecule has 0 fully saturated rings. The molecular weight excluding hydrogens is 346 g/mol. The third-order valence-electron chi connectivity index (χ3n) is 4.36. The molecule has 0 aliphatic rings. The van der Waals surface area contributed by atoms with Crippen LogP contribution in [0.1, 0.15) is 36.2 Å². The van der Waals surface area contributed by atoms with E-state index in [1.54, 1.807) is 6.92 Å². The van der Waals surface area contributed by atoms with Gasteiger partial charge in [0.25, 0.3) is 0 Å². The van der Waals surface area contributed by atoms with E-state index in [-0.39, 0.29) is 18.1 Å². The maximum absolute atomic E-state index is 12.8. The van der Waals surface area contributed by atoms with E-state index in [9.17, 15) is 9.59 Å². The molecule has 0 saturated carbocycles. The van der Waals surface area contributed by atoms with Crippen LogP contribution < -0.4 is 11.0 Å². The number of benzene rings is 1. The van der Waals surface area contributed by atoms with Gasteiger partial charge in [0.15, 0.2) is 0 Å². The van der Waals surface area contributed by atoms with Crippen molar-refractivity contribution in [3.8, 4) is 5.69 Å². The first kappa shape index (κ1) is 18.6. The number of nitrogens with one attached hydrogen (secondary N) is 1. The molecule has 1 N–H and O–H groups in total. The zero-order valence-electron chi connectivity index (χ0n) is 15.7. The number of rotatable bonds is 7. The molecule has 0 radical (unpaired) electrons. The van der Waals surface area contributed by atoms with Crippen LogP contribution in [0.2, 0.25) is 0 Å². The van der Waals surface area contributed by atoms with Gasteiger partial charge in [0.1, 0.15) is 18.1 Å². The van der Waals surface area contributed by atoms with Gasteiger partial charge in [-0.25, -0.2) is 4.79 Å². The lowest BCUT2D eigenvalue weighted by Crippen LogP contribution is -2.33. The van der Waals surface area contributed by atoms with Crippen molar-refractivity contribution in [1.29, 1.82) is 0 Å². The second kappa shape index (κ2) is 8.03. The van der Waals surface area contributed by atoms with Crippen LogP contribution in [-0.4, -0.2) is 25.4 Å². The fourth-order valence-corrected chi connectivity index (χ4v) is 2.88. The summed E-state index contributed by atoms with van der Waals surface area (Å²) in [6.45, 7) is 5.86. The van der Waals surface area contributed by atoms with Gasteiger partial charge in [-0.15, -0.1) is 5.10 Å². The average molecular weight is 369 g/mol. The van der Waals surface area contributed by atoms with Gasteiger partial charge in [-0.1, -0.05) is 30.3 Å². The minimum atomic E-state index is -0.322. The zero-order valence-corrected chi connectivity index (χ0v) is 15.7. The Kier molecular flexibility index (Phi) is 5.54. The van der Waals surface area contributed by atoms with Crippen molar-refractivity contribution in [3.63, 3.8) is 0 Å². The Labute approximate surface area is 156 Å². The zero-order chi connectivity index (χ0) is 19.4. The summed E-state index contributed by atoms with van der Waals surface area (Å²) in [6.07, 6.45) is 1.44. The third-order valence-corrected chi connectivity index (χ3v) is 4.36. The molecule has 1 aromatic carbocycles. The van der Waals surface area contributed by atoms with Gasteiger partial charge in [0.2, 0.25) is 5.91 Å². The highest BCUT2D eigenvalue weighted by Gasteiger charge is 2.17. The van der Waals surface area contributed by atoms with Gasteiger partial charge >= 0.3 is 5.69 Å². The number of aromatic nitrogens is 4. The van der Waals surface area contributed by atoms with E-state index < -0.39 is 0 Å². The molecule has 3 rings (SSSR count). The molecule has 0 aliphatic heterocycles. The number of hydrogen-bond acceptors (Lipinski definition) is 5. The highest BCUT2D eigenvalue weighted by Crippen LogP contribution is 2.11. The summed E-state index contributed by atoms with van der Waals surface area (Å²) < 4.78 is 7.87. The molecule has 142 valence electrons. The number of hydrogen-bond donors (Lipinski definition) is 1. The summed E-state index contributed by atoms with van der Waals surface area (Å²) in [7, 11) is 0. The second-order valence-corrected chi connectivity index (χ2v) is 6.36. The van der Waals surface area contributed by atoms with E-state index in [0.717, 1.165) is 17.7 Å². The first-order chi connectivity index (χ1) is 13.0. The van der Waals surface area contributed by atoms with Crippen molar-refractivity contribution < 1.29 is 9.32 Å². The predicted molar refractivity (Wildman–Crippen MR) is 99.6 cm³/mol. The molecule has 0 saturated heterocycles. The Hall–Kier alpha value is -3.16. The molecule has 0 unspecified atom stereocenters. The Morgan fingerprint density at radius 3 is 2.59 bits per heavy atom. The summed E-state index contributed by atoms with van der Waals surface area (Å²) in [4.78, 5) is 25.2. The predicted octanol–water partition coefficient (Wildman–Crippen LogP) is 1.91. The van der Waals surface area contributed by atoms with Crippen LogP contribution in [0.5, 0.6) is 0 Å². The smallest absolute Gasteiger partial charge is 0.351 e. The lowest BCUT2D eigenvalue weighted by molar-refractivity contribution is -0.121. The van der Waals surface area contributed by atoms with Gasteiger partial charge in [-0.3, -0.25) is 9.36 Å². The first-order valence-electron chi connectivity index (χ1n) is 8.93. The molecule has 0 bridgehead atoms. The summed E-state index contributed by atoms with van der Waals surface area (Å²) in [5.41, 5.74) is 1.95. The summed E-state index contributed by atoms with van der Waals surface area (Å²) in [6, 6.07) is 9.19. The van der Waals surface area contributed by atoms with Crippen LogP contribution in [0.4, 0.5) is 0 Å². The third kappa shape index (κ3) is 3.99. The monoisotopic (exact) mass is 369 g/mol. The van der Waals surface area contributed by atoms with Crippen molar-refractivity contribution >= 4 is 5.91 Å². The average Bonchev–Trinajstić information content (AvgIpc) is 3.14. The SMILES string of the molecule is CCCc1nn(-c2ccccc2)c(=O)n1CC(=O)NCc1c(C)noc1C. The topological polar surface area (TPSA) is 95.0 Å². The van der Waals surface area contributed by atoms with Crippen LogP contribution in [0.3, 0.4) is 0 Å². The Balaban J connectivity index is 1.80. The van der Waals surface area contributed by atoms with Gasteiger partial charge < -0.3 is 9.84 Å². The highest BCUT2D eigenvalue weighted by atomic mass is 16.5. The Morgan fingerprint density at radius 1 is 1.22 bits per heavy atom. The van der Waals surface area contributed by atoms with E-state index in [4.69, 9.17) is 4.52 Å². The number of carbonyl (C=O) groups excluding carboxylic acids is 1. The first-order valence-corrected chi connectivity index (χ1v) is 8.93. The largest absolute Gasteiger partial charge is 0.361 e. The molecule has 2 aromatic heterocycles. The minimum Gasteiger partial charge on any atom is -0.361 e. The van der Waals surface area contributed by atoms with Gasteiger partial charge in [-0.2, -0.15) is 4.68 Å². The Morgan fingerprint density at radius 2 is 1.96 bits per heavy atom. The van der Waals surface area contributed by atoms with Gasteiger partial charge in [0.05, 0.1) is 11.4 Å². The van der Waals surface area contributed by atoms with Gasteiger partial charge in [0, 0.05) is 18.5 Å². The van der Waals surface area contributed by atoms with E-state index in [0.29, 0.717) is 30.2 Å². The van der Waals surface area contributed by atoms with Crippen LogP contribution in [0.25, 0.3) is 5.69 Å². The summed E-state index contributed by atoms with van der Waals surface area (Å²) in [5, 5.41) is 11.1. The quantitative estimate of drug-likeness (QED) is 0.686. The highest BCUT2D eigenvalue weighted by molar-refractivity contribution is 5.75. The van der Waals surface area contributed by atoms with Crippen molar-refractivity contribution in [2.24, 2.45) is 0 Å². The lowest BCUT2D eigenvalue weighted by Gasteiger charge is -2.07. The Bertz CT molecular complexity index is 965. The number of para-hydroxylation sites is 1. The fourth-order valence-electron chi connectivity index (χ4n) is 2.88. The van der Waals surface area contributed by atoms with Crippen molar-refractivity contribution in [2.75, 3.05) is 0 Å². The number of aryl methyl sites for hydroxylation is 3. The molecule has 8 nitrogen and oxygen atoms in total. The van der Waals surface area contributed by atoms with E-state index in [2.05, 4.69) is 15.6 Å². The molecule has 0 aliphatic carbocycles. The maximum atomic E-state index is 12.8. The van der Waals surface area contributed by atoms with E-state index in [1.165, 1.54) is 9.25 Å². The molecule has 27 heavy (non-hydrogen) atoms. The maximum Gasteiger partial charge on any atom is 0.351 e. The lowest BCUT2D eigenvalue weighted by atomic mass is 10.2. The normalized spacial score (nSPS) is 10.9. The number of nitrogens with zero attached hydrogens (tertiary/aromatic N) is 4. The van der Waals surface area contributed by atoms with Crippen LogP contribution >= 0.6 is 0 Å². The molecule has 3 aromatic rings. The summed E-state index contributed by atoms with van der Waals surface area (Å²) >= 11 is 0. The van der Waals surface area contributed by atoms with Crippen molar-refractivity contribution in [2.45, 2.75) is 46.7 Å². The van der Waals surface area contributed by atoms with Crippen LogP contribution in [0, 0.1) is 13.8 Å².